The Balaban J connectivity index is 4.08. The molecule has 92 valence electrons. The van der Waals surface area contributed by atoms with Crippen LogP contribution in [0.1, 0.15) is 13.3 Å². The third-order valence-electron chi connectivity index (χ3n) is 2.84. The molecule has 0 spiro atoms. The molecule has 0 aromatic heterocycles. The third-order valence-corrected chi connectivity index (χ3v) is 8.51. The van der Waals surface area contributed by atoms with Gasteiger partial charge in [-0.05, 0) is 24.9 Å². The summed E-state index contributed by atoms with van der Waals surface area (Å²) in [5, 5.41) is 27.4. The summed E-state index contributed by atoms with van der Waals surface area (Å²) in [5.41, 5.74) is 0. The van der Waals surface area contributed by atoms with Gasteiger partial charge in [-0.3, -0.25) is 0 Å². The van der Waals surface area contributed by atoms with E-state index in [-0.39, 0.29) is 19.0 Å². The Hall–Kier alpha value is 0.480. The topological polar surface area (TPSA) is 60.7 Å². The van der Waals surface area contributed by atoms with Crippen molar-refractivity contribution in [1.82, 2.24) is 0 Å². The van der Waals surface area contributed by atoms with Crippen molar-refractivity contribution >= 4 is 26.4 Å². The number of hydrogen-bond donors (Lipinski definition) is 3. The zero-order valence-corrected chi connectivity index (χ0v) is 11.4. The Morgan fingerprint density at radius 2 is 1.27 bits per heavy atom. The smallest absolute Gasteiger partial charge is 0.0638 e. The second kappa shape index (κ2) is 6.93. The Morgan fingerprint density at radius 3 is 1.60 bits per heavy atom. The van der Waals surface area contributed by atoms with Crippen LogP contribution < -0.4 is 0 Å². The largest absolute Gasteiger partial charge is 0.392 e. The summed E-state index contributed by atoms with van der Waals surface area (Å²) in [6.07, 6.45) is 11.8. The minimum atomic E-state index is -1.77. The number of rotatable bonds is 8. The first-order valence-electron chi connectivity index (χ1n) is 5.19. The summed E-state index contributed by atoms with van der Waals surface area (Å²) < 4.78 is 0. The van der Waals surface area contributed by atoms with Gasteiger partial charge in [0, 0.05) is 0 Å². The number of aliphatic hydroxyl groups excluding tert-OH is 3. The fourth-order valence-corrected chi connectivity index (χ4v) is 4.19. The lowest BCUT2D eigenvalue weighted by Crippen LogP contribution is -2.04. The van der Waals surface area contributed by atoms with Crippen LogP contribution in [0.3, 0.4) is 0 Å². The number of aliphatic hydroxyl groups is 3. The molecular weight excluding hydrogens is 230 g/mol. The van der Waals surface area contributed by atoms with Crippen LogP contribution in [0.25, 0.3) is 0 Å². The molecule has 0 aliphatic rings. The van der Waals surface area contributed by atoms with Gasteiger partial charge in [0.1, 0.15) is 0 Å². The van der Waals surface area contributed by atoms with Gasteiger partial charge < -0.3 is 15.3 Å². The van der Waals surface area contributed by atoms with Crippen LogP contribution in [0.5, 0.6) is 0 Å². The van der Waals surface area contributed by atoms with E-state index in [0.29, 0.717) is 0 Å². The maximum Gasteiger partial charge on any atom is 0.0638 e. The van der Waals surface area contributed by atoms with Crippen LogP contribution in [-0.4, -0.2) is 65.4 Å². The average Bonchev–Trinajstić information content (AvgIpc) is 2.28. The van der Waals surface area contributed by atoms with Crippen molar-refractivity contribution in [2.45, 2.75) is 13.3 Å². The fraction of sp³-hybridized carbons (Fsp3) is 0.800. The maximum atomic E-state index is 9.21. The molecule has 0 saturated carbocycles. The fourth-order valence-electron chi connectivity index (χ4n) is 1.26. The molecule has 0 rings (SSSR count). The summed E-state index contributed by atoms with van der Waals surface area (Å²) in [4.78, 5) is 0. The van der Waals surface area contributed by atoms with Crippen LogP contribution in [0.4, 0.5) is 0 Å². The molecule has 5 heteroatoms. The highest BCUT2D eigenvalue weighted by molar-refractivity contribution is 7.74. The van der Waals surface area contributed by atoms with Gasteiger partial charge in [-0.15, -0.1) is 0 Å². The van der Waals surface area contributed by atoms with Crippen molar-refractivity contribution in [3.05, 3.63) is 0 Å². The molecule has 3 nitrogen and oxygen atoms in total. The lowest BCUT2D eigenvalue weighted by atomic mass is 10.6. The highest BCUT2D eigenvalue weighted by atomic mass is 31.2. The Kier molecular flexibility index (Phi) is 7.16. The van der Waals surface area contributed by atoms with Crippen molar-refractivity contribution in [2.24, 2.45) is 0 Å². The predicted octanol–water partition coefficient (Wildman–Crippen LogP) is 1.14. The first-order valence-corrected chi connectivity index (χ1v) is 10.2. The normalized spacial score (nSPS) is 16.3. The zero-order valence-electron chi connectivity index (χ0n) is 9.60. The van der Waals surface area contributed by atoms with Gasteiger partial charge in [-0.1, -0.05) is 33.3 Å². The van der Waals surface area contributed by atoms with Crippen LogP contribution in [-0.2, 0) is 0 Å². The SMILES string of the molecule is C=P(CC)(CO)CCCP(=C)(CO)CO. The van der Waals surface area contributed by atoms with E-state index in [1.807, 2.05) is 0 Å². The first kappa shape index (κ1) is 15.5. The molecule has 0 saturated heterocycles. The van der Waals surface area contributed by atoms with Crippen LogP contribution >= 0.6 is 13.8 Å². The summed E-state index contributed by atoms with van der Waals surface area (Å²) in [5.74, 6) is 0. The Labute approximate surface area is 93.1 Å². The van der Waals surface area contributed by atoms with Gasteiger partial charge in [0.15, 0.2) is 0 Å². The molecular formula is C10H24O3P2. The van der Waals surface area contributed by atoms with E-state index in [1.165, 1.54) is 0 Å². The summed E-state index contributed by atoms with van der Waals surface area (Å²) >= 11 is 0. The number of hydrogen-bond acceptors (Lipinski definition) is 3. The molecule has 3 N–H and O–H groups in total. The summed E-state index contributed by atoms with van der Waals surface area (Å²) in [6.45, 7) is -1.12. The first-order chi connectivity index (χ1) is 6.95. The van der Waals surface area contributed by atoms with E-state index in [0.717, 1.165) is 24.9 Å². The molecule has 0 fully saturated rings. The molecule has 0 heterocycles. The van der Waals surface area contributed by atoms with Crippen LogP contribution in [0.15, 0.2) is 0 Å². The second-order valence-corrected chi connectivity index (χ2v) is 12.0. The van der Waals surface area contributed by atoms with Gasteiger partial charge in [0.25, 0.3) is 0 Å². The predicted molar refractivity (Wildman–Crippen MR) is 74.2 cm³/mol. The molecule has 0 radical (unpaired) electrons. The maximum absolute atomic E-state index is 9.21. The summed E-state index contributed by atoms with van der Waals surface area (Å²) in [6, 6.07) is 0. The van der Waals surface area contributed by atoms with Crippen molar-refractivity contribution in [3.8, 4) is 0 Å². The molecule has 0 aliphatic carbocycles. The highest BCUT2D eigenvalue weighted by Gasteiger charge is 2.15. The second-order valence-electron chi connectivity index (χ2n) is 4.22. The van der Waals surface area contributed by atoms with E-state index in [2.05, 4.69) is 19.5 Å². The molecule has 0 aromatic carbocycles. The van der Waals surface area contributed by atoms with Gasteiger partial charge in [-0.2, -0.15) is 0 Å². The van der Waals surface area contributed by atoms with Gasteiger partial charge in [-0.25, -0.2) is 0 Å². The quantitative estimate of drug-likeness (QED) is 0.569. The van der Waals surface area contributed by atoms with Crippen LogP contribution in [0.2, 0.25) is 0 Å². The van der Waals surface area contributed by atoms with E-state index < -0.39 is 13.8 Å². The van der Waals surface area contributed by atoms with Crippen molar-refractivity contribution < 1.29 is 15.3 Å². The standard InChI is InChI=1S/C10H24O3P2/c1-4-14(2,8-11)6-5-7-15(3,9-12)10-13/h11-13H,2-10H2,1H3. The summed E-state index contributed by atoms with van der Waals surface area (Å²) in [7, 11) is 0. The monoisotopic (exact) mass is 254 g/mol. The van der Waals surface area contributed by atoms with E-state index >= 15 is 0 Å². The van der Waals surface area contributed by atoms with Crippen molar-refractivity contribution in [2.75, 3.05) is 37.5 Å². The highest BCUT2D eigenvalue weighted by Crippen LogP contribution is 2.48. The minimum Gasteiger partial charge on any atom is -0.392 e. The lowest BCUT2D eigenvalue weighted by molar-refractivity contribution is 0.342. The van der Waals surface area contributed by atoms with Gasteiger partial charge >= 0.3 is 0 Å². The molecule has 15 heavy (non-hydrogen) atoms. The molecule has 0 aliphatic heterocycles. The van der Waals surface area contributed by atoms with E-state index in [9.17, 15) is 5.11 Å². The zero-order chi connectivity index (χ0) is 11.9. The minimum absolute atomic E-state index is 0.0112. The van der Waals surface area contributed by atoms with E-state index in [4.69, 9.17) is 10.2 Å². The Morgan fingerprint density at radius 1 is 0.867 bits per heavy atom. The average molecular weight is 254 g/mol. The molecule has 0 amide bonds. The molecule has 1 unspecified atom stereocenters. The van der Waals surface area contributed by atoms with E-state index in [1.54, 1.807) is 0 Å². The molecule has 0 bridgehead atoms. The van der Waals surface area contributed by atoms with Gasteiger partial charge in [0.05, 0.1) is 19.0 Å². The Bertz CT molecular complexity index is 221. The lowest BCUT2D eigenvalue weighted by Gasteiger charge is -2.23. The third kappa shape index (κ3) is 5.38. The van der Waals surface area contributed by atoms with Crippen molar-refractivity contribution in [1.29, 1.82) is 0 Å². The molecule has 1 atom stereocenters. The van der Waals surface area contributed by atoms with Crippen LogP contribution in [0, 0.1) is 0 Å². The van der Waals surface area contributed by atoms with Gasteiger partial charge in [0.2, 0.25) is 0 Å². The molecule has 0 aromatic rings. The van der Waals surface area contributed by atoms with Crippen molar-refractivity contribution in [3.63, 3.8) is 0 Å².